The van der Waals surface area contributed by atoms with Crippen molar-refractivity contribution < 1.29 is 19.1 Å². The summed E-state index contributed by atoms with van der Waals surface area (Å²) in [6.07, 6.45) is 2.88. The van der Waals surface area contributed by atoms with Crippen LogP contribution < -0.4 is 10.1 Å². The van der Waals surface area contributed by atoms with Crippen LogP contribution in [0.5, 0.6) is 5.75 Å². The number of aryl methyl sites for hydroxylation is 1. The van der Waals surface area contributed by atoms with Gasteiger partial charge < -0.3 is 14.4 Å². The Hall–Kier alpha value is -3.67. The minimum absolute atomic E-state index is 0.0884. The molecule has 1 aliphatic heterocycles. The van der Waals surface area contributed by atoms with E-state index in [9.17, 15) is 9.59 Å². The average Bonchev–Trinajstić information content (AvgIpc) is 3.02. The highest BCUT2D eigenvalue weighted by atomic mass is 32.2. The molecule has 4 heterocycles. The summed E-state index contributed by atoms with van der Waals surface area (Å²) in [6, 6.07) is 0. The Balaban J connectivity index is 1.84. The van der Waals surface area contributed by atoms with Gasteiger partial charge in [-0.1, -0.05) is 0 Å². The molecule has 1 aliphatic rings. The summed E-state index contributed by atoms with van der Waals surface area (Å²) in [5, 5.41) is 8.75. The number of nitrogens with one attached hydrogen (secondary N) is 1. The zero-order valence-corrected chi connectivity index (χ0v) is 23.1. The van der Waals surface area contributed by atoms with E-state index in [1.54, 1.807) is 58.9 Å². The lowest BCUT2D eigenvalue weighted by Crippen LogP contribution is -2.28. The Kier molecular flexibility index (Phi) is 7.13. The molecule has 2 amide bonds. The van der Waals surface area contributed by atoms with Crippen molar-refractivity contribution >= 4 is 46.8 Å². The molecule has 12 heteroatoms. The molecule has 0 saturated heterocycles. The highest BCUT2D eigenvalue weighted by Crippen LogP contribution is 2.36. The summed E-state index contributed by atoms with van der Waals surface area (Å²) >= 11 is 1.39. The van der Waals surface area contributed by atoms with Crippen molar-refractivity contribution in [3.8, 4) is 5.75 Å². The van der Waals surface area contributed by atoms with E-state index in [0.29, 0.717) is 39.6 Å². The third-order valence-electron chi connectivity index (χ3n) is 5.60. The van der Waals surface area contributed by atoms with Crippen molar-refractivity contribution in [3.05, 3.63) is 34.3 Å². The average molecular weight is 526 g/mol. The molecular formula is C25H31N7O4S. The quantitative estimate of drug-likeness (QED) is 0.495. The van der Waals surface area contributed by atoms with Crippen LogP contribution in [0.2, 0.25) is 0 Å². The zero-order chi connectivity index (χ0) is 27.1. The molecule has 196 valence electrons. The molecule has 1 N–H and O–H groups in total. The van der Waals surface area contributed by atoms with Crippen molar-refractivity contribution in [2.45, 2.75) is 51.8 Å². The molecule has 3 aromatic rings. The number of carbonyl (C=O) groups is 2. The first-order chi connectivity index (χ1) is 17.4. The van der Waals surface area contributed by atoms with E-state index < -0.39 is 11.7 Å². The van der Waals surface area contributed by atoms with E-state index in [1.807, 2.05) is 13.8 Å². The Morgan fingerprint density at radius 3 is 2.59 bits per heavy atom. The van der Waals surface area contributed by atoms with Gasteiger partial charge in [-0.3, -0.25) is 15.1 Å². The third kappa shape index (κ3) is 5.53. The second-order valence-electron chi connectivity index (χ2n) is 9.92. The maximum absolute atomic E-state index is 12.8. The maximum atomic E-state index is 12.8. The summed E-state index contributed by atoms with van der Waals surface area (Å²) in [7, 11) is 5.05. The minimum Gasteiger partial charge on any atom is -0.496 e. The van der Waals surface area contributed by atoms with Crippen LogP contribution in [-0.4, -0.2) is 74.2 Å². The number of carbonyl (C=O) groups excluding carboxylic acids is 2. The Morgan fingerprint density at radius 1 is 1.22 bits per heavy atom. The van der Waals surface area contributed by atoms with Gasteiger partial charge >= 0.3 is 6.09 Å². The van der Waals surface area contributed by atoms with Gasteiger partial charge in [0.25, 0.3) is 0 Å². The lowest BCUT2D eigenvalue weighted by molar-refractivity contribution is -0.124. The van der Waals surface area contributed by atoms with Gasteiger partial charge in [-0.2, -0.15) is 10.1 Å². The van der Waals surface area contributed by atoms with Gasteiger partial charge in [0.05, 0.1) is 30.4 Å². The van der Waals surface area contributed by atoms with Gasteiger partial charge in [0, 0.05) is 42.7 Å². The molecule has 0 radical (unpaired) electrons. The van der Waals surface area contributed by atoms with E-state index >= 15 is 0 Å². The number of pyridine rings is 1. The standard InChI is InChI=1S/C25H31N7O4S/c1-13-10-26-17(14(2)19(13)35-8)11-32-20-18-16(30-32)9-15(22(33)31(6)7)12-37-21(18)28-23(27-20)29-24(34)36-25(3,4)5/h9-10H,11-12H2,1-8H3,(H,27,28,29,34). The first-order valence-corrected chi connectivity index (χ1v) is 12.7. The normalized spacial score (nSPS) is 13.1. The van der Waals surface area contributed by atoms with E-state index in [-0.39, 0.29) is 11.9 Å². The maximum Gasteiger partial charge on any atom is 0.414 e. The van der Waals surface area contributed by atoms with Crippen molar-refractivity contribution in [1.82, 2.24) is 29.6 Å². The second kappa shape index (κ2) is 10.0. The second-order valence-corrected chi connectivity index (χ2v) is 10.9. The highest BCUT2D eigenvalue weighted by molar-refractivity contribution is 7.99. The fourth-order valence-corrected chi connectivity index (χ4v) is 4.96. The number of nitrogens with zero attached hydrogens (tertiary/aromatic N) is 6. The summed E-state index contributed by atoms with van der Waals surface area (Å²) in [5.41, 5.74) is 3.60. The molecule has 0 fully saturated rings. The summed E-state index contributed by atoms with van der Waals surface area (Å²) < 4.78 is 12.7. The van der Waals surface area contributed by atoms with E-state index in [4.69, 9.17) is 14.6 Å². The molecule has 0 aliphatic carbocycles. The Morgan fingerprint density at radius 2 is 1.95 bits per heavy atom. The van der Waals surface area contributed by atoms with Crippen LogP contribution in [0.4, 0.5) is 10.7 Å². The van der Waals surface area contributed by atoms with Crippen molar-refractivity contribution in [1.29, 1.82) is 0 Å². The van der Waals surface area contributed by atoms with Crippen LogP contribution in [0, 0.1) is 13.8 Å². The summed E-state index contributed by atoms with van der Waals surface area (Å²) in [6.45, 7) is 9.53. The van der Waals surface area contributed by atoms with Gasteiger partial charge in [0.2, 0.25) is 11.9 Å². The monoisotopic (exact) mass is 525 g/mol. The van der Waals surface area contributed by atoms with Crippen LogP contribution in [-0.2, 0) is 16.1 Å². The number of hydrogen-bond donors (Lipinski definition) is 1. The Bertz CT molecular complexity index is 1420. The highest BCUT2D eigenvalue weighted by Gasteiger charge is 2.26. The molecule has 0 unspecified atom stereocenters. The topological polar surface area (TPSA) is 124 Å². The smallest absolute Gasteiger partial charge is 0.414 e. The molecule has 3 aromatic heterocycles. The van der Waals surface area contributed by atoms with Crippen molar-refractivity contribution in [3.63, 3.8) is 0 Å². The van der Waals surface area contributed by atoms with Crippen LogP contribution >= 0.6 is 11.8 Å². The number of hydrogen-bond acceptors (Lipinski definition) is 9. The fraction of sp³-hybridized carbons (Fsp3) is 0.440. The molecule has 0 spiro atoms. The predicted molar refractivity (Wildman–Crippen MR) is 142 cm³/mol. The minimum atomic E-state index is -0.678. The molecule has 0 atom stereocenters. The number of amides is 2. The first kappa shape index (κ1) is 26.4. The van der Waals surface area contributed by atoms with E-state index in [1.165, 1.54) is 16.7 Å². The SMILES string of the molecule is COc1c(C)cnc(Cn2nc3c4c(nc(NC(=O)OC(C)(C)C)nc42)SCC(C(=O)N(C)C)=C3)c1C. The van der Waals surface area contributed by atoms with Crippen molar-refractivity contribution in [2.24, 2.45) is 0 Å². The largest absolute Gasteiger partial charge is 0.496 e. The van der Waals surface area contributed by atoms with Gasteiger partial charge in [0.1, 0.15) is 16.4 Å². The van der Waals surface area contributed by atoms with E-state index in [0.717, 1.165) is 22.6 Å². The molecule has 4 rings (SSSR count). The lowest BCUT2D eigenvalue weighted by atomic mass is 10.1. The van der Waals surface area contributed by atoms with Gasteiger partial charge in [0.15, 0.2) is 5.65 Å². The Labute approximate surface area is 219 Å². The van der Waals surface area contributed by atoms with Crippen LogP contribution in [0.1, 0.15) is 43.3 Å². The van der Waals surface area contributed by atoms with Crippen LogP contribution in [0.25, 0.3) is 17.1 Å². The van der Waals surface area contributed by atoms with Gasteiger partial charge in [-0.05, 0) is 40.7 Å². The lowest BCUT2D eigenvalue weighted by Gasteiger charge is -2.19. The summed E-state index contributed by atoms with van der Waals surface area (Å²) in [5.74, 6) is 1.15. The number of likely N-dealkylation sites (N-methyl/N-ethyl adjacent to an activating group) is 1. The zero-order valence-electron chi connectivity index (χ0n) is 22.3. The van der Waals surface area contributed by atoms with Crippen LogP contribution in [0.3, 0.4) is 0 Å². The molecule has 37 heavy (non-hydrogen) atoms. The predicted octanol–water partition coefficient (Wildman–Crippen LogP) is 3.82. The van der Waals surface area contributed by atoms with Crippen molar-refractivity contribution in [2.75, 3.05) is 32.3 Å². The molecular weight excluding hydrogens is 494 g/mol. The molecule has 0 saturated carbocycles. The summed E-state index contributed by atoms with van der Waals surface area (Å²) in [4.78, 5) is 40.6. The molecule has 11 nitrogen and oxygen atoms in total. The molecule has 0 aromatic carbocycles. The third-order valence-corrected chi connectivity index (χ3v) is 6.63. The van der Waals surface area contributed by atoms with Crippen LogP contribution in [0.15, 0.2) is 16.8 Å². The number of methoxy groups -OCH3 is 1. The number of ether oxygens (including phenoxy) is 2. The molecule has 0 bridgehead atoms. The van der Waals surface area contributed by atoms with Gasteiger partial charge in [-0.25, -0.2) is 14.5 Å². The first-order valence-electron chi connectivity index (χ1n) is 11.7. The number of rotatable bonds is 5. The number of aromatic nitrogens is 5. The number of anilines is 1. The van der Waals surface area contributed by atoms with E-state index in [2.05, 4.69) is 20.3 Å². The van der Waals surface area contributed by atoms with Gasteiger partial charge in [-0.15, -0.1) is 11.8 Å². The fourth-order valence-electron chi connectivity index (χ4n) is 3.97. The number of thioether (sulfide) groups is 1.